The van der Waals surface area contributed by atoms with Crippen molar-refractivity contribution >= 4 is 41.5 Å². The summed E-state index contributed by atoms with van der Waals surface area (Å²) in [5.41, 5.74) is 9.14. The first-order valence-electron chi connectivity index (χ1n) is 7.47. The number of aryl methyl sites for hydroxylation is 2. The molecule has 0 unspecified atom stereocenters. The molecule has 1 aliphatic rings. The fraction of sp³-hybridized carbons (Fsp3) is 0.500. The number of amides is 1. The van der Waals surface area contributed by atoms with Gasteiger partial charge in [0.25, 0.3) is 0 Å². The molecule has 1 aromatic rings. The van der Waals surface area contributed by atoms with E-state index in [1.54, 1.807) is 0 Å². The molecule has 1 heterocycles. The number of aliphatic imine (C=N–C) groups is 1. The van der Waals surface area contributed by atoms with Crippen LogP contribution in [0.2, 0.25) is 0 Å². The van der Waals surface area contributed by atoms with Crippen LogP contribution in [-0.4, -0.2) is 36.4 Å². The number of hydrogen-bond acceptors (Lipinski definition) is 2. The molecule has 5 nitrogen and oxygen atoms in total. The minimum atomic E-state index is 0. The van der Waals surface area contributed by atoms with E-state index < -0.39 is 0 Å². The fourth-order valence-corrected chi connectivity index (χ4v) is 2.63. The molecule has 1 amide bonds. The molecule has 122 valence electrons. The molecule has 0 aliphatic carbocycles. The van der Waals surface area contributed by atoms with E-state index in [-0.39, 0.29) is 29.9 Å². The molecule has 6 heteroatoms. The first-order valence-corrected chi connectivity index (χ1v) is 7.47. The maximum Gasteiger partial charge on any atom is 0.224 e. The van der Waals surface area contributed by atoms with Crippen molar-refractivity contribution < 1.29 is 4.79 Å². The average Bonchev–Trinajstić information content (AvgIpc) is 2.90. The lowest BCUT2D eigenvalue weighted by Crippen LogP contribution is -2.28. The Morgan fingerprint density at radius 3 is 2.41 bits per heavy atom. The number of rotatable bonds is 4. The third-order valence-corrected chi connectivity index (χ3v) is 3.56. The van der Waals surface area contributed by atoms with Crippen LogP contribution in [-0.2, 0) is 4.79 Å². The van der Waals surface area contributed by atoms with E-state index in [9.17, 15) is 4.79 Å². The molecule has 22 heavy (non-hydrogen) atoms. The van der Waals surface area contributed by atoms with Crippen LogP contribution < -0.4 is 11.1 Å². The number of halogens is 1. The number of nitrogens with two attached hydrogens (primary N) is 1. The Balaban J connectivity index is 0.00000242. The molecule has 0 bridgehead atoms. The van der Waals surface area contributed by atoms with Crippen molar-refractivity contribution in [1.29, 1.82) is 0 Å². The highest BCUT2D eigenvalue weighted by Gasteiger charge is 2.16. The van der Waals surface area contributed by atoms with E-state index >= 15 is 0 Å². The number of nitrogens with one attached hydrogen (secondary N) is 1. The highest BCUT2D eigenvalue weighted by Crippen LogP contribution is 2.13. The van der Waals surface area contributed by atoms with Gasteiger partial charge in [-0.2, -0.15) is 0 Å². The average molecular weight is 416 g/mol. The zero-order valence-corrected chi connectivity index (χ0v) is 15.6. The van der Waals surface area contributed by atoms with E-state index in [0.29, 0.717) is 18.9 Å². The van der Waals surface area contributed by atoms with Crippen LogP contribution >= 0.6 is 24.0 Å². The number of carbonyl (C=O) groups is 1. The van der Waals surface area contributed by atoms with Gasteiger partial charge in [-0.3, -0.25) is 9.79 Å². The van der Waals surface area contributed by atoms with Gasteiger partial charge in [-0.1, -0.05) is 6.07 Å². The quantitative estimate of drug-likeness (QED) is 0.451. The van der Waals surface area contributed by atoms with Crippen LogP contribution in [0.5, 0.6) is 0 Å². The third-order valence-electron chi connectivity index (χ3n) is 3.56. The van der Waals surface area contributed by atoms with Crippen molar-refractivity contribution in [1.82, 2.24) is 4.90 Å². The van der Waals surface area contributed by atoms with Gasteiger partial charge in [-0.05, 0) is 49.9 Å². The Bertz CT molecular complexity index is 519. The van der Waals surface area contributed by atoms with Gasteiger partial charge in [0.05, 0.1) is 6.54 Å². The fourth-order valence-electron chi connectivity index (χ4n) is 2.63. The summed E-state index contributed by atoms with van der Waals surface area (Å²) in [4.78, 5) is 18.0. The van der Waals surface area contributed by atoms with Gasteiger partial charge in [-0.15, -0.1) is 24.0 Å². The molecule has 0 atom stereocenters. The van der Waals surface area contributed by atoms with Crippen molar-refractivity contribution in [3.63, 3.8) is 0 Å². The van der Waals surface area contributed by atoms with Crippen LogP contribution in [0.25, 0.3) is 0 Å². The first kappa shape index (κ1) is 18.7. The van der Waals surface area contributed by atoms with E-state index in [2.05, 4.69) is 16.4 Å². The number of hydrogen-bond donors (Lipinski definition) is 2. The molecule has 0 spiro atoms. The lowest BCUT2D eigenvalue weighted by molar-refractivity contribution is -0.129. The van der Waals surface area contributed by atoms with Gasteiger partial charge in [-0.25, -0.2) is 0 Å². The molecule has 1 aromatic carbocycles. The van der Waals surface area contributed by atoms with E-state index in [1.165, 1.54) is 11.1 Å². The molecule has 0 saturated carbocycles. The van der Waals surface area contributed by atoms with E-state index in [0.717, 1.165) is 31.6 Å². The molecule has 3 N–H and O–H groups in total. The lowest BCUT2D eigenvalue weighted by Gasteiger charge is -2.14. The predicted molar refractivity (Wildman–Crippen MR) is 102 cm³/mol. The van der Waals surface area contributed by atoms with Crippen molar-refractivity contribution in [3.8, 4) is 0 Å². The largest absolute Gasteiger partial charge is 0.370 e. The summed E-state index contributed by atoms with van der Waals surface area (Å²) in [7, 11) is 0. The molecule has 0 radical (unpaired) electrons. The SMILES string of the molecule is Cc1cc(C)cc(NC(N)=NCCC(=O)N2CCCC2)c1.I. The topological polar surface area (TPSA) is 70.7 Å². The lowest BCUT2D eigenvalue weighted by atomic mass is 10.1. The summed E-state index contributed by atoms with van der Waals surface area (Å²) < 4.78 is 0. The molecular weight excluding hydrogens is 391 g/mol. The summed E-state index contributed by atoms with van der Waals surface area (Å²) in [6.07, 6.45) is 2.66. The Hall–Kier alpha value is -1.31. The maximum atomic E-state index is 11.9. The van der Waals surface area contributed by atoms with Crippen molar-refractivity contribution in [2.75, 3.05) is 25.0 Å². The van der Waals surface area contributed by atoms with Crippen LogP contribution in [0, 0.1) is 13.8 Å². The van der Waals surface area contributed by atoms with Crippen molar-refractivity contribution in [3.05, 3.63) is 29.3 Å². The maximum absolute atomic E-state index is 11.9. The molecular formula is C16H25IN4O. The highest BCUT2D eigenvalue weighted by molar-refractivity contribution is 14.0. The smallest absolute Gasteiger partial charge is 0.224 e. The van der Waals surface area contributed by atoms with E-state index in [1.807, 2.05) is 30.9 Å². The first-order chi connectivity index (χ1) is 10.0. The van der Waals surface area contributed by atoms with Gasteiger partial charge in [0, 0.05) is 25.2 Å². The summed E-state index contributed by atoms with van der Waals surface area (Å²) >= 11 is 0. The van der Waals surface area contributed by atoms with Crippen LogP contribution in [0.15, 0.2) is 23.2 Å². The minimum Gasteiger partial charge on any atom is -0.370 e. The number of likely N-dealkylation sites (tertiary alicyclic amines) is 1. The second kappa shape index (κ2) is 8.97. The minimum absolute atomic E-state index is 0. The highest BCUT2D eigenvalue weighted by atomic mass is 127. The number of nitrogens with zero attached hydrogens (tertiary/aromatic N) is 2. The summed E-state index contributed by atoms with van der Waals surface area (Å²) in [5, 5.41) is 3.07. The molecule has 1 aliphatic heterocycles. The molecule has 2 rings (SSSR count). The van der Waals surface area contributed by atoms with Gasteiger partial charge < -0.3 is 16.0 Å². The Morgan fingerprint density at radius 2 is 1.82 bits per heavy atom. The summed E-state index contributed by atoms with van der Waals surface area (Å²) in [6, 6.07) is 6.14. The third kappa shape index (κ3) is 5.82. The number of carbonyl (C=O) groups excluding carboxylic acids is 1. The van der Waals surface area contributed by atoms with Gasteiger partial charge in [0.1, 0.15) is 0 Å². The second-order valence-electron chi connectivity index (χ2n) is 5.61. The zero-order chi connectivity index (χ0) is 15.2. The van der Waals surface area contributed by atoms with Crippen molar-refractivity contribution in [2.45, 2.75) is 33.1 Å². The van der Waals surface area contributed by atoms with Crippen molar-refractivity contribution in [2.24, 2.45) is 10.7 Å². The summed E-state index contributed by atoms with van der Waals surface area (Å²) in [5.74, 6) is 0.532. The Kier molecular flexibility index (Phi) is 7.64. The molecule has 1 saturated heterocycles. The molecule has 0 aromatic heterocycles. The second-order valence-corrected chi connectivity index (χ2v) is 5.61. The van der Waals surface area contributed by atoms with Gasteiger partial charge in [0.2, 0.25) is 5.91 Å². The van der Waals surface area contributed by atoms with Gasteiger partial charge in [0.15, 0.2) is 5.96 Å². The number of benzene rings is 1. The number of guanidine groups is 1. The van der Waals surface area contributed by atoms with Gasteiger partial charge >= 0.3 is 0 Å². The van der Waals surface area contributed by atoms with Crippen LogP contribution in [0.1, 0.15) is 30.4 Å². The normalized spacial score (nSPS) is 14.6. The van der Waals surface area contributed by atoms with Crippen LogP contribution in [0.3, 0.4) is 0 Å². The zero-order valence-electron chi connectivity index (χ0n) is 13.3. The number of anilines is 1. The summed E-state index contributed by atoms with van der Waals surface area (Å²) in [6.45, 7) is 6.29. The Labute approximate surface area is 149 Å². The van der Waals surface area contributed by atoms with E-state index in [4.69, 9.17) is 5.73 Å². The predicted octanol–water partition coefficient (Wildman–Crippen LogP) is 2.66. The standard InChI is InChI=1S/C16H24N4O.HI/c1-12-9-13(2)11-14(10-12)19-16(17)18-6-5-15(21)20-7-3-4-8-20;/h9-11H,3-8H2,1-2H3,(H3,17,18,19);1H. The van der Waals surface area contributed by atoms with Crippen LogP contribution in [0.4, 0.5) is 5.69 Å². The monoisotopic (exact) mass is 416 g/mol. The Morgan fingerprint density at radius 1 is 1.23 bits per heavy atom. The molecule has 1 fully saturated rings.